The Balaban J connectivity index is 1.63. The second-order valence-corrected chi connectivity index (χ2v) is 7.72. The number of nitrogens with zero attached hydrogens (tertiary/aromatic N) is 4. The molecule has 7 nitrogen and oxygen atoms in total. The molecule has 2 aromatic heterocycles. The van der Waals surface area contributed by atoms with E-state index < -0.39 is 5.92 Å². The number of ether oxygens (including phenoxy) is 2. The SMILES string of the molecule is COC(=O)C1CCN(c2nn(C3CCOCC3)c3ccncc23)c2cc(F)ccc21. The summed E-state index contributed by atoms with van der Waals surface area (Å²) in [7, 11) is 1.38. The first-order valence-electron chi connectivity index (χ1n) is 10.2. The number of hydrogen-bond acceptors (Lipinski definition) is 6. The minimum Gasteiger partial charge on any atom is -0.469 e. The Hall–Kier alpha value is -3.00. The molecule has 0 saturated carbocycles. The van der Waals surface area contributed by atoms with Gasteiger partial charge in [-0.05, 0) is 43.0 Å². The Morgan fingerprint density at radius 3 is 2.87 bits per heavy atom. The van der Waals surface area contributed by atoms with Gasteiger partial charge < -0.3 is 14.4 Å². The summed E-state index contributed by atoms with van der Waals surface area (Å²) < 4.78 is 26.8. The van der Waals surface area contributed by atoms with Gasteiger partial charge in [0.15, 0.2) is 5.82 Å². The lowest BCUT2D eigenvalue weighted by Gasteiger charge is -2.33. The largest absolute Gasteiger partial charge is 0.469 e. The lowest BCUT2D eigenvalue weighted by Crippen LogP contribution is -2.31. The third-order valence-electron chi connectivity index (χ3n) is 6.07. The minimum absolute atomic E-state index is 0.247. The van der Waals surface area contributed by atoms with Crippen LogP contribution in [0.2, 0.25) is 0 Å². The maximum Gasteiger partial charge on any atom is 0.313 e. The van der Waals surface area contributed by atoms with E-state index in [1.54, 1.807) is 18.5 Å². The normalized spacial score (nSPS) is 19.7. The molecule has 8 heteroatoms. The van der Waals surface area contributed by atoms with Gasteiger partial charge in [-0.1, -0.05) is 6.07 Å². The van der Waals surface area contributed by atoms with Crippen LogP contribution >= 0.6 is 0 Å². The Labute approximate surface area is 173 Å². The number of anilines is 2. The molecule has 1 atom stereocenters. The average molecular weight is 410 g/mol. The molecule has 5 rings (SSSR count). The van der Waals surface area contributed by atoms with Crippen LogP contribution in [0.4, 0.5) is 15.9 Å². The molecule has 156 valence electrons. The van der Waals surface area contributed by atoms with E-state index >= 15 is 0 Å². The van der Waals surface area contributed by atoms with E-state index in [2.05, 4.69) is 9.67 Å². The number of pyridine rings is 1. The highest BCUT2D eigenvalue weighted by Crippen LogP contribution is 2.42. The molecule has 1 aromatic carbocycles. The molecule has 1 unspecified atom stereocenters. The topological polar surface area (TPSA) is 69.5 Å². The fraction of sp³-hybridized carbons (Fsp3) is 0.409. The van der Waals surface area contributed by atoms with E-state index in [1.807, 2.05) is 11.0 Å². The van der Waals surface area contributed by atoms with Crippen molar-refractivity contribution in [3.63, 3.8) is 0 Å². The molecule has 0 N–H and O–H groups in total. The maximum atomic E-state index is 14.2. The number of esters is 1. The lowest BCUT2D eigenvalue weighted by molar-refractivity contribution is -0.142. The minimum atomic E-state index is -0.413. The van der Waals surface area contributed by atoms with Crippen LogP contribution in [0.5, 0.6) is 0 Å². The first-order chi connectivity index (χ1) is 14.7. The van der Waals surface area contributed by atoms with Gasteiger partial charge in [-0.3, -0.25) is 14.5 Å². The van der Waals surface area contributed by atoms with Crippen molar-refractivity contribution in [1.82, 2.24) is 14.8 Å². The van der Waals surface area contributed by atoms with Crippen LogP contribution in [0.25, 0.3) is 10.9 Å². The van der Waals surface area contributed by atoms with Crippen LogP contribution in [0.15, 0.2) is 36.7 Å². The maximum absolute atomic E-state index is 14.2. The number of benzene rings is 1. The molecule has 0 amide bonds. The van der Waals surface area contributed by atoms with Gasteiger partial charge in [-0.2, -0.15) is 5.10 Å². The van der Waals surface area contributed by atoms with E-state index in [0.717, 1.165) is 35.1 Å². The Morgan fingerprint density at radius 2 is 2.07 bits per heavy atom. The molecule has 4 heterocycles. The average Bonchev–Trinajstić information content (AvgIpc) is 3.18. The molecule has 30 heavy (non-hydrogen) atoms. The number of fused-ring (bicyclic) bond motifs is 2. The van der Waals surface area contributed by atoms with Gasteiger partial charge in [-0.25, -0.2) is 4.39 Å². The molecular weight excluding hydrogens is 387 g/mol. The summed E-state index contributed by atoms with van der Waals surface area (Å²) in [6, 6.07) is 6.75. The van der Waals surface area contributed by atoms with Crippen LogP contribution < -0.4 is 4.90 Å². The predicted molar refractivity (Wildman–Crippen MR) is 109 cm³/mol. The van der Waals surface area contributed by atoms with Crippen LogP contribution in [0.1, 0.15) is 36.8 Å². The van der Waals surface area contributed by atoms with Crippen LogP contribution in [-0.4, -0.2) is 47.6 Å². The van der Waals surface area contributed by atoms with Crippen molar-refractivity contribution in [2.75, 3.05) is 31.8 Å². The zero-order chi connectivity index (χ0) is 20.7. The molecule has 2 aliphatic rings. The zero-order valence-corrected chi connectivity index (χ0v) is 16.8. The summed E-state index contributed by atoms with van der Waals surface area (Å²) in [5.74, 6) is -0.332. The van der Waals surface area contributed by atoms with Crippen molar-refractivity contribution < 1.29 is 18.7 Å². The van der Waals surface area contributed by atoms with Crippen molar-refractivity contribution in [3.05, 3.63) is 48.0 Å². The summed E-state index contributed by atoms with van der Waals surface area (Å²) in [6.45, 7) is 1.96. The van der Waals surface area contributed by atoms with Crippen molar-refractivity contribution in [2.24, 2.45) is 0 Å². The number of halogens is 1. The summed E-state index contributed by atoms with van der Waals surface area (Å²) in [5, 5.41) is 5.88. The molecule has 0 aliphatic carbocycles. The highest BCUT2D eigenvalue weighted by atomic mass is 19.1. The molecule has 2 aliphatic heterocycles. The van der Waals surface area contributed by atoms with Crippen LogP contribution in [0.3, 0.4) is 0 Å². The van der Waals surface area contributed by atoms with E-state index in [-0.39, 0.29) is 17.8 Å². The van der Waals surface area contributed by atoms with Gasteiger partial charge in [0, 0.05) is 37.8 Å². The van der Waals surface area contributed by atoms with E-state index in [9.17, 15) is 9.18 Å². The van der Waals surface area contributed by atoms with Gasteiger partial charge in [-0.15, -0.1) is 0 Å². The van der Waals surface area contributed by atoms with Crippen LogP contribution in [-0.2, 0) is 14.3 Å². The molecule has 1 fully saturated rings. The van der Waals surface area contributed by atoms with Crippen LogP contribution in [0, 0.1) is 5.82 Å². The smallest absolute Gasteiger partial charge is 0.313 e. The van der Waals surface area contributed by atoms with Gasteiger partial charge in [0.05, 0.1) is 30.0 Å². The van der Waals surface area contributed by atoms with E-state index in [4.69, 9.17) is 14.6 Å². The van der Waals surface area contributed by atoms with Gasteiger partial charge in [0.1, 0.15) is 5.82 Å². The molecule has 0 radical (unpaired) electrons. The van der Waals surface area contributed by atoms with Crippen molar-refractivity contribution in [2.45, 2.75) is 31.2 Å². The Kier molecular flexibility index (Phi) is 4.86. The van der Waals surface area contributed by atoms with E-state index in [1.165, 1.54) is 19.2 Å². The quantitative estimate of drug-likeness (QED) is 0.613. The molecule has 0 bridgehead atoms. The first kappa shape index (κ1) is 19.0. The number of carbonyl (C=O) groups excluding carboxylic acids is 1. The second kappa shape index (κ2) is 7.68. The number of carbonyl (C=O) groups is 1. The Morgan fingerprint density at radius 1 is 1.23 bits per heavy atom. The fourth-order valence-corrected chi connectivity index (χ4v) is 4.56. The molecule has 0 spiro atoms. The summed E-state index contributed by atoms with van der Waals surface area (Å²) >= 11 is 0. The summed E-state index contributed by atoms with van der Waals surface area (Å²) in [4.78, 5) is 18.6. The monoisotopic (exact) mass is 410 g/mol. The van der Waals surface area contributed by atoms with Gasteiger partial charge in [0.25, 0.3) is 0 Å². The number of rotatable bonds is 3. The standard InChI is InChI=1S/C22H23FN4O3/c1-29-22(28)17-5-9-26(20-12-14(23)2-3-16(17)20)21-18-13-24-8-4-19(18)27(25-21)15-6-10-30-11-7-15/h2-4,8,12-13,15,17H,5-7,9-11H2,1H3. The molecular formula is C22H23FN4O3. The summed E-state index contributed by atoms with van der Waals surface area (Å²) in [5.41, 5.74) is 2.41. The third kappa shape index (κ3) is 3.11. The van der Waals surface area contributed by atoms with Crippen molar-refractivity contribution in [1.29, 1.82) is 0 Å². The number of aromatic nitrogens is 3. The lowest BCUT2D eigenvalue weighted by atomic mass is 9.89. The zero-order valence-electron chi connectivity index (χ0n) is 16.8. The third-order valence-corrected chi connectivity index (χ3v) is 6.07. The molecule has 3 aromatic rings. The van der Waals surface area contributed by atoms with E-state index in [0.29, 0.717) is 31.9 Å². The molecule has 1 saturated heterocycles. The summed E-state index contributed by atoms with van der Waals surface area (Å²) in [6.07, 6.45) is 5.93. The highest BCUT2D eigenvalue weighted by molar-refractivity contribution is 5.93. The number of hydrogen-bond donors (Lipinski definition) is 0. The van der Waals surface area contributed by atoms with Gasteiger partial charge >= 0.3 is 5.97 Å². The highest BCUT2D eigenvalue weighted by Gasteiger charge is 2.34. The number of methoxy groups -OCH3 is 1. The van der Waals surface area contributed by atoms with Crippen molar-refractivity contribution in [3.8, 4) is 0 Å². The Bertz CT molecular complexity index is 1090. The second-order valence-electron chi connectivity index (χ2n) is 7.72. The van der Waals surface area contributed by atoms with Crippen molar-refractivity contribution >= 4 is 28.4 Å². The first-order valence-corrected chi connectivity index (χ1v) is 10.2. The fourth-order valence-electron chi connectivity index (χ4n) is 4.56. The predicted octanol–water partition coefficient (Wildman–Crippen LogP) is 3.72. The van der Waals surface area contributed by atoms with Gasteiger partial charge in [0.2, 0.25) is 0 Å².